The number of nitriles is 1. The Labute approximate surface area is 359 Å². The van der Waals surface area contributed by atoms with E-state index in [1.807, 2.05) is 19.1 Å². The molecule has 0 saturated heterocycles. The Balaban J connectivity index is 1.82. The Bertz CT molecular complexity index is 2090. The minimum Gasteiger partial charge on any atom is -0.493 e. The van der Waals surface area contributed by atoms with E-state index >= 15 is 0 Å². The van der Waals surface area contributed by atoms with Gasteiger partial charge in [-0.1, -0.05) is 39.8 Å². The first kappa shape index (κ1) is 48.1. The first-order valence-corrected chi connectivity index (χ1v) is 20.9. The van der Waals surface area contributed by atoms with E-state index in [9.17, 15) is 29.2 Å². The number of ether oxygens (including phenoxy) is 3. The van der Waals surface area contributed by atoms with Crippen molar-refractivity contribution in [2.24, 2.45) is 34.5 Å². The maximum absolute atomic E-state index is 14.6. The molecular weight excluding hydrogens is 777 g/mol. The smallest absolute Gasteiger partial charge is 0.226 e. The van der Waals surface area contributed by atoms with Crippen molar-refractivity contribution in [1.29, 1.82) is 5.26 Å². The van der Waals surface area contributed by atoms with Gasteiger partial charge in [0.2, 0.25) is 11.8 Å². The Kier molecular flexibility index (Phi) is 17.6. The molecule has 0 unspecified atom stereocenters. The molecule has 0 saturated carbocycles. The summed E-state index contributed by atoms with van der Waals surface area (Å²) in [6.45, 7) is 11.0. The van der Waals surface area contributed by atoms with Crippen molar-refractivity contribution in [1.82, 2.24) is 10.2 Å². The highest BCUT2D eigenvalue weighted by Gasteiger charge is 2.36. The fourth-order valence-corrected chi connectivity index (χ4v) is 7.31. The van der Waals surface area contributed by atoms with Crippen LogP contribution in [0.25, 0.3) is 11.1 Å². The lowest BCUT2D eigenvalue weighted by molar-refractivity contribution is -0.142. The quantitative estimate of drug-likeness (QED) is 0.124. The number of nitrogens with zero attached hydrogens (tertiary/aromatic N) is 2. The van der Waals surface area contributed by atoms with Crippen LogP contribution < -0.4 is 36.7 Å². The van der Waals surface area contributed by atoms with Gasteiger partial charge in [0.05, 0.1) is 18.7 Å². The van der Waals surface area contributed by atoms with Crippen molar-refractivity contribution in [3.63, 3.8) is 0 Å². The number of nitrogens with one attached hydrogen (secondary N) is 1. The number of carbonyl (C=O) groups is 5. The van der Waals surface area contributed by atoms with Crippen LogP contribution in [0, 0.1) is 35.5 Å². The highest BCUT2D eigenvalue weighted by Crippen LogP contribution is 2.41. The van der Waals surface area contributed by atoms with Gasteiger partial charge in [-0.3, -0.25) is 24.0 Å². The van der Waals surface area contributed by atoms with Crippen LogP contribution in [0.1, 0.15) is 92.9 Å². The Morgan fingerprint density at radius 1 is 0.902 bits per heavy atom. The van der Waals surface area contributed by atoms with Crippen LogP contribution in [0.5, 0.6) is 17.2 Å². The van der Waals surface area contributed by atoms with Crippen LogP contribution in [0.2, 0.25) is 0 Å². The van der Waals surface area contributed by atoms with Gasteiger partial charge in [0.25, 0.3) is 0 Å². The molecular formula is C47H62N6O8. The van der Waals surface area contributed by atoms with Gasteiger partial charge in [-0.2, -0.15) is 5.26 Å². The molecule has 4 bridgehead atoms. The Morgan fingerprint density at radius 3 is 2.16 bits per heavy atom. The van der Waals surface area contributed by atoms with Gasteiger partial charge in [-0.05, 0) is 90.9 Å². The number of nitrogens with two attached hydrogens (primary N) is 3. The summed E-state index contributed by atoms with van der Waals surface area (Å²) in [5.41, 5.74) is 21.0. The van der Waals surface area contributed by atoms with Crippen molar-refractivity contribution < 1.29 is 38.2 Å². The van der Waals surface area contributed by atoms with Crippen LogP contribution in [0.4, 0.5) is 0 Å². The fourth-order valence-electron chi connectivity index (χ4n) is 7.31. The summed E-state index contributed by atoms with van der Waals surface area (Å²) in [5.74, 6) is -2.30. The van der Waals surface area contributed by atoms with Crippen LogP contribution in [0.3, 0.4) is 0 Å². The SMILES string of the molecule is Cc1cc(OCC(C)(C)C)ccc1C(=O)C[C@@H](CCN)C(=O)N(C)[C@@H]1C(=O)C[C@@H](C)C(=O)N[C@H](C(=O)CCC#N)Cc2ccc(OCCN)c(c2)-c2cc1ccc2OCCN. The van der Waals surface area contributed by atoms with Crippen LogP contribution in [-0.4, -0.2) is 86.6 Å². The first-order chi connectivity index (χ1) is 29.0. The average molecular weight is 839 g/mol. The van der Waals surface area contributed by atoms with Gasteiger partial charge in [0.1, 0.15) is 36.5 Å². The van der Waals surface area contributed by atoms with E-state index in [0.717, 1.165) is 0 Å². The van der Waals surface area contributed by atoms with Crippen molar-refractivity contribution in [3.05, 3.63) is 76.9 Å². The first-order valence-electron chi connectivity index (χ1n) is 20.9. The van der Waals surface area contributed by atoms with Gasteiger partial charge < -0.3 is 41.6 Å². The van der Waals surface area contributed by atoms with Gasteiger partial charge in [0, 0.05) is 74.3 Å². The Hall–Kier alpha value is -5.62. The summed E-state index contributed by atoms with van der Waals surface area (Å²) in [7, 11) is 1.51. The normalized spacial score (nSPS) is 17.3. The lowest BCUT2D eigenvalue weighted by atomic mass is 9.88. The minimum absolute atomic E-state index is 0.0255. The minimum atomic E-state index is -1.21. The molecule has 0 aromatic heterocycles. The van der Waals surface area contributed by atoms with E-state index in [0.29, 0.717) is 57.2 Å². The van der Waals surface area contributed by atoms with Gasteiger partial charge in [-0.15, -0.1) is 0 Å². The zero-order valence-electron chi connectivity index (χ0n) is 36.4. The molecule has 4 rings (SSSR count). The molecule has 61 heavy (non-hydrogen) atoms. The standard InChI is InChI=1S/C47H62N6O8/c1-29-22-34(61-28-47(3,4)5)11-12-35(29)40(55)27-33(15-17-49)46(58)53(6)44-32-10-14-43(60-21-19-51)37(26-32)36-24-31(9-13-42(36)59-20-18-50)25-38(39(54)8-7-16-48)52-45(57)30(2)23-41(44)56/h9-14,22,24,26,30,33,38,44H,7-8,15,17-21,23,25,27-28,49-51H2,1-6H3,(H,52,57)/t30-,33-,38+,44+/m1/s1. The van der Waals surface area contributed by atoms with E-state index in [1.165, 1.54) is 11.9 Å². The second kappa shape index (κ2) is 22.3. The second-order valence-electron chi connectivity index (χ2n) is 16.9. The molecule has 1 aliphatic rings. The zero-order valence-corrected chi connectivity index (χ0v) is 36.4. The molecule has 7 N–H and O–H groups in total. The summed E-state index contributed by atoms with van der Waals surface area (Å²) < 4.78 is 18.2. The number of Topliss-reactive ketones (excluding diaryl/α,β-unsaturated/α-hetero) is 3. The lowest BCUT2D eigenvalue weighted by Crippen LogP contribution is -2.46. The number of aryl methyl sites for hydroxylation is 1. The summed E-state index contributed by atoms with van der Waals surface area (Å²) in [6, 6.07) is 15.6. The number of rotatable bonds is 18. The van der Waals surface area contributed by atoms with Crippen molar-refractivity contribution in [2.45, 2.75) is 85.2 Å². The number of hydrogen-bond donors (Lipinski definition) is 4. The maximum atomic E-state index is 14.6. The van der Waals surface area contributed by atoms with Gasteiger partial charge in [-0.25, -0.2) is 0 Å². The number of ketones is 3. The number of carbonyl (C=O) groups excluding carboxylic acids is 5. The van der Waals surface area contributed by atoms with Gasteiger partial charge >= 0.3 is 0 Å². The molecule has 328 valence electrons. The highest BCUT2D eigenvalue weighted by molar-refractivity contribution is 6.01. The molecule has 3 aromatic carbocycles. The van der Waals surface area contributed by atoms with E-state index in [2.05, 4.69) is 26.1 Å². The van der Waals surface area contributed by atoms with Crippen molar-refractivity contribution in [3.8, 4) is 34.4 Å². The molecule has 0 aliphatic carbocycles. The van der Waals surface area contributed by atoms with Crippen LogP contribution in [0.15, 0.2) is 54.6 Å². The molecule has 0 radical (unpaired) electrons. The van der Waals surface area contributed by atoms with E-state index in [4.69, 9.17) is 31.4 Å². The second-order valence-corrected chi connectivity index (χ2v) is 16.9. The third-order valence-electron chi connectivity index (χ3n) is 10.5. The molecule has 14 nitrogen and oxygen atoms in total. The number of amides is 2. The summed E-state index contributed by atoms with van der Waals surface area (Å²) in [4.78, 5) is 71.7. The van der Waals surface area contributed by atoms with E-state index in [1.54, 1.807) is 55.5 Å². The summed E-state index contributed by atoms with van der Waals surface area (Å²) in [5, 5.41) is 12.1. The number of fused-ring (bicyclic) bond motifs is 5. The van der Waals surface area contributed by atoms with Gasteiger partial charge in [0.15, 0.2) is 17.3 Å². The largest absolute Gasteiger partial charge is 0.493 e. The maximum Gasteiger partial charge on any atom is 0.226 e. The molecule has 4 atom stereocenters. The molecule has 0 spiro atoms. The number of benzene rings is 3. The molecule has 14 heteroatoms. The predicted octanol–water partition coefficient (Wildman–Crippen LogP) is 5.01. The van der Waals surface area contributed by atoms with E-state index in [-0.39, 0.29) is 88.4 Å². The summed E-state index contributed by atoms with van der Waals surface area (Å²) >= 11 is 0. The lowest BCUT2D eigenvalue weighted by Gasteiger charge is -2.32. The molecule has 3 aromatic rings. The Morgan fingerprint density at radius 2 is 1.56 bits per heavy atom. The summed E-state index contributed by atoms with van der Waals surface area (Å²) in [6.07, 6.45) is -0.259. The monoisotopic (exact) mass is 838 g/mol. The molecule has 0 fully saturated rings. The third kappa shape index (κ3) is 13.2. The zero-order chi connectivity index (χ0) is 44.9. The molecule has 1 aliphatic heterocycles. The fraction of sp³-hybridized carbons (Fsp3) is 0.489. The predicted molar refractivity (Wildman–Crippen MR) is 233 cm³/mol. The number of hydrogen-bond acceptors (Lipinski definition) is 12. The average Bonchev–Trinajstić information content (AvgIpc) is 3.22. The molecule has 1 heterocycles. The van der Waals surface area contributed by atoms with Crippen LogP contribution in [-0.2, 0) is 25.6 Å². The van der Waals surface area contributed by atoms with E-state index < -0.39 is 41.5 Å². The third-order valence-corrected chi connectivity index (χ3v) is 10.5. The molecule has 2 amide bonds. The highest BCUT2D eigenvalue weighted by atomic mass is 16.5. The number of likely N-dealkylation sites (N-methyl/N-ethyl adjacent to an activating group) is 1. The van der Waals surface area contributed by atoms with Crippen LogP contribution >= 0.6 is 0 Å². The topological polar surface area (TPSA) is 230 Å². The van der Waals surface area contributed by atoms with Crippen molar-refractivity contribution >= 4 is 29.2 Å². The van der Waals surface area contributed by atoms with Crippen molar-refractivity contribution in [2.75, 3.05) is 46.5 Å².